The van der Waals surface area contributed by atoms with Gasteiger partial charge in [-0.05, 0) is 56.6 Å². The molecule has 1 rings (SSSR count). The maximum Gasteiger partial charge on any atom is 0.247 e. The second-order valence-electron chi connectivity index (χ2n) is 9.45. The summed E-state index contributed by atoms with van der Waals surface area (Å²) < 4.78 is 47.8. The largest absolute Gasteiger partial charge is 0.414 e. The number of carbonyl (C=O) groups excluding carboxylic acids is 1. The molecule has 2 unspecified atom stereocenters. The Balaban J connectivity index is 3.49. The monoisotopic (exact) mass is 445 g/mol. The van der Waals surface area contributed by atoms with Gasteiger partial charge in [-0.25, -0.2) is 13.2 Å². The van der Waals surface area contributed by atoms with E-state index in [9.17, 15) is 23.1 Å². The Labute approximate surface area is 178 Å². The van der Waals surface area contributed by atoms with E-state index < -0.39 is 43.8 Å². The zero-order valence-corrected chi connectivity index (χ0v) is 20.1. The summed E-state index contributed by atoms with van der Waals surface area (Å²) in [6, 6.07) is 0.854. The molecule has 4 nitrogen and oxygen atoms in total. The van der Waals surface area contributed by atoms with Crippen LogP contribution >= 0.6 is 0 Å². The van der Waals surface area contributed by atoms with Crippen molar-refractivity contribution in [1.29, 1.82) is 0 Å². The maximum atomic E-state index is 14.0. The highest BCUT2D eigenvalue weighted by molar-refractivity contribution is 6.74. The molecule has 1 N–H and O–H groups in total. The Morgan fingerprint density at radius 3 is 2.10 bits per heavy atom. The lowest BCUT2D eigenvalue weighted by atomic mass is 10.0. The number of aliphatic hydroxyl groups excluding tert-OH is 1. The smallest absolute Gasteiger partial charge is 0.247 e. The van der Waals surface area contributed by atoms with E-state index in [0.717, 1.165) is 17.7 Å². The van der Waals surface area contributed by atoms with Crippen LogP contribution in [0.1, 0.15) is 53.1 Å². The van der Waals surface area contributed by atoms with Crippen molar-refractivity contribution in [1.82, 2.24) is 4.90 Å². The Hall–Kier alpha value is -1.64. The van der Waals surface area contributed by atoms with E-state index in [1.54, 1.807) is 13.8 Å². The molecular weight excluding hydrogens is 411 g/mol. The molecule has 8 heteroatoms. The third kappa shape index (κ3) is 6.96. The molecule has 1 aromatic carbocycles. The lowest BCUT2D eigenvalue weighted by Crippen LogP contribution is -2.46. The van der Waals surface area contributed by atoms with Gasteiger partial charge in [-0.3, -0.25) is 4.79 Å². The molecule has 0 aromatic heterocycles. The highest BCUT2D eigenvalue weighted by atomic mass is 28.4. The van der Waals surface area contributed by atoms with E-state index in [0.29, 0.717) is 0 Å². The van der Waals surface area contributed by atoms with Gasteiger partial charge in [-0.1, -0.05) is 26.3 Å². The van der Waals surface area contributed by atoms with Gasteiger partial charge in [0.25, 0.3) is 0 Å². The number of amides is 1. The zero-order chi connectivity index (χ0) is 23.4. The number of carbonyl (C=O) groups is 1. The van der Waals surface area contributed by atoms with Crippen LogP contribution in [0.3, 0.4) is 0 Å². The average Bonchev–Trinajstić information content (AvgIpc) is 2.56. The van der Waals surface area contributed by atoms with Crippen molar-refractivity contribution in [3.8, 4) is 0 Å². The third-order valence-electron chi connectivity index (χ3n) is 5.33. The van der Waals surface area contributed by atoms with Crippen LogP contribution in [-0.4, -0.2) is 43.5 Å². The van der Waals surface area contributed by atoms with E-state index >= 15 is 0 Å². The molecule has 1 aromatic rings. The quantitative estimate of drug-likeness (QED) is 0.334. The number of nitrogens with zero attached hydrogens (tertiary/aromatic N) is 1. The summed E-state index contributed by atoms with van der Waals surface area (Å²) in [5.41, 5.74) is 0.803. The summed E-state index contributed by atoms with van der Waals surface area (Å²) in [4.78, 5) is 14.2. The van der Waals surface area contributed by atoms with Crippen molar-refractivity contribution in [2.75, 3.05) is 13.2 Å². The van der Waals surface area contributed by atoms with E-state index in [2.05, 4.69) is 0 Å². The minimum Gasteiger partial charge on any atom is -0.414 e. The molecule has 0 radical (unpaired) electrons. The van der Waals surface area contributed by atoms with Crippen LogP contribution in [0.2, 0.25) is 18.1 Å². The highest BCUT2D eigenvalue weighted by Crippen LogP contribution is 2.38. The van der Waals surface area contributed by atoms with E-state index in [-0.39, 0.29) is 23.8 Å². The number of rotatable bonds is 8. The maximum absolute atomic E-state index is 14.0. The predicted octanol–water partition coefficient (Wildman–Crippen LogP) is 5.34. The predicted molar refractivity (Wildman–Crippen MR) is 115 cm³/mol. The fourth-order valence-corrected chi connectivity index (χ4v) is 3.63. The summed E-state index contributed by atoms with van der Waals surface area (Å²) in [5.74, 6) is -4.67. The van der Waals surface area contributed by atoms with Gasteiger partial charge < -0.3 is 14.4 Å². The molecule has 30 heavy (non-hydrogen) atoms. The minimum atomic E-state index is -2.27. The van der Waals surface area contributed by atoms with Crippen LogP contribution in [0.25, 0.3) is 0 Å². The van der Waals surface area contributed by atoms with Crippen LogP contribution < -0.4 is 0 Å². The van der Waals surface area contributed by atoms with Gasteiger partial charge in [0.05, 0.1) is 18.8 Å². The number of hydrogen-bond acceptors (Lipinski definition) is 3. The number of allylic oxidation sites excluding steroid dienone is 1. The Bertz CT molecular complexity index is 761. The van der Waals surface area contributed by atoms with E-state index in [1.807, 2.05) is 33.9 Å². The van der Waals surface area contributed by atoms with E-state index in [4.69, 9.17) is 4.43 Å². The van der Waals surface area contributed by atoms with Crippen molar-refractivity contribution in [2.45, 2.75) is 71.8 Å². The molecular formula is C22H34F3NO3Si. The molecule has 0 spiro atoms. The molecule has 0 fully saturated rings. The van der Waals surface area contributed by atoms with Crippen molar-refractivity contribution in [3.05, 3.63) is 46.8 Å². The number of aliphatic hydroxyl groups is 1. The first-order valence-corrected chi connectivity index (χ1v) is 12.9. The molecule has 0 aliphatic carbocycles. The first-order valence-electron chi connectivity index (χ1n) is 9.98. The van der Waals surface area contributed by atoms with Crippen LogP contribution in [0.15, 0.2) is 23.8 Å². The fraction of sp³-hybridized carbons (Fsp3) is 0.591. The lowest BCUT2D eigenvalue weighted by Gasteiger charge is -2.39. The Kier molecular flexibility index (Phi) is 8.89. The van der Waals surface area contributed by atoms with E-state index in [1.165, 1.54) is 17.9 Å². The summed E-state index contributed by atoms with van der Waals surface area (Å²) in [7, 11) is -2.27. The molecule has 0 bridgehead atoms. The molecule has 2 atom stereocenters. The molecule has 0 saturated carbocycles. The number of benzene rings is 1. The SMILES string of the molecule is CC(C)=CC(=O)N(CC(C)O)C(CO[Si](C)(C)C(C)(C)C)c1cc(F)c(F)c(F)c1. The summed E-state index contributed by atoms with van der Waals surface area (Å²) in [5, 5.41) is 9.83. The summed E-state index contributed by atoms with van der Waals surface area (Å²) in [6.07, 6.45) is 0.503. The van der Waals surface area contributed by atoms with Crippen molar-refractivity contribution in [2.24, 2.45) is 0 Å². The molecule has 0 saturated heterocycles. The van der Waals surface area contributed by atoms with Gasteiger partial charge in [0, 0.05) is 12.6 Å². The third-order valence-corrected chi connectivity index (χ3v) is 9.83. The standard InChI is InChI=1S/C22H34F3NO3Si/c1-14(2)9-20(28)26(12-15(3)27)19(13-29-30(7,8)22(4,5)6)16-10-17(23)21(25)18(24)11-16/h9-11,15,19,27H,12-13H2,1-8H3. The van der Waals surface area contributed by atoms with Crippen LogP contribution in [0.5, 0.6) is 0 Å². The second-order valence-corrected chi connectivity index (χ2v) is 14.3. The molecule has 0 aliphatic rings. The van der Waals surface area contributed by atoms with Gasteiger partial charge in [0.15, 0.2) is 25.8 Å². The lowest BCUT2D eigenvalue weighted by molar-refractivity contribution is -0.130. The van der Waals surface area contributed by atoms with Gasteiger partial charge >= 0.3 is 0 Å². The molecule has 170 valence electrons. The minimum absolute atomic E-state index is 0.0317. The topological polar surface area (TPSA) is 49.8 Å². The first kappa shape index (κ1) is 26.4. The van der Waals surface area contributed by atoms with Gasteiger partial charge in [-0.2, -0.15) is 0 Å². The molecule has 0 aliphatic heterocycles. The van der Waals surface area contributed by atoms with Crippen LogP contribution in [-0.2, 0) is 9.22 Å². The van der Waals surface area contributed by atoms with Crippen molar-refractivity contribution < 1.29 is 27.5 Å². The molecule has 0 heterocycles. The van der Waals surface area contributed by atoms with Gasteiger partial charge in [0.1, 0.15) is 0 Å². The first-order chi connectivity index (χ1) is 13.6. The van der Waals surface area contributed by atoms with Crippen LogP contribution in [0.4, 0.5) is 13.2 Å². The number of halogens is 3. The van der Waals surface area contributed by atoms with Gasteiger partial charge in [-0.15, -0.1) is 0 Å². The fourth-order valence-electron chi connectivity index (χ4n) is 2.62. The highest BCUT2D eigenvalue weighted by Gasteiger charge is 2.39. The second kappa shape index (κ2) is 10.1. The Morgan fingerprint density at radius 2 is 1.70 bits per heavy atom. The molecule has 1 amide bonds. The van der Waals surface area contributed by atoms with Crippen molar-refractivity contribution >= 4 is 14.2 Å². The average molecular weight is 446 g/mol. The normalized spacial score (nSPS) is 14.3. The Morgan fingerprint density at radius 1 is 1.20 bits per heavy atom. The summed E-state index contributed by atoms with van der Waals surface area (Å²) in [6.45, 7) is 15.1. The number of hydrogen-bond donors (Lipinski definition) is 1. The van der Waals surface area contributed by atoms with Crippen LogP contribution in [0, 0.1) is 17.5 Å². The van der Waals surface area contributed by atoms with Crippen molar-refractivity contribution in [3.63, 3.8) is 0 Å². The zero-order valence-electron chi connectivity index (χ0n) is 19.1. The summed E-state index contributed by atoms with van der Waals surface area (Å²) >= 11 is 0. The van der Waals surface area contributed by atoms with Gasteiger partial charge in [0.2, 0.25) is 5.91 Å².